The Hall–Kier alpha value is -0.780. The van der Waals surface area contributed by atoms with Crippen molar-refractivity contribution in [1.29, 1.82) is 0 Å². The normalized spacial score (nSPS) is 9.00. The molecule has 2 aromatic rings. The average Bonchev–Trinajstić information content (AvgIpc) is 2.54. The van der Waals surface area contributed by atoms with Crippen LogP contribution in [0.25, 0.3) is 10.9 Å². The minimum Gasteiger partial charge on any atom is -0.494 e. The van der Waals surface area contributed by atoms with Crippen LogP contribution in [0.5, 0.6) is 5.75 Å². The second-order valence-electron chi connectivity index (χ2n) is 2.38. The summed E-state index contributed by atoms with van der Waals surface area (Å²) in [6.07, 6.45) is 3.56. The summed E-state index contributed by atoms with van der Waals surface area (Å²) in [5, 5.41) is 1.04. The van der Waals surface area contributed by atoms with E-state index in [1.807, 2.05) is 12.3 Å². The summed E-state index contributed by atoms with van der Waals surface area (Å²) in [5.74, 6) is 0.787. The van der Waals surface area contributed by atoms with Crippen molar-refractivity contribution in [3.8, 4) is 5.75 Å². The molecule has 4 nitrogen and oxygen atoms in total. The lowest BCUT2D eigenvalue weighted by atomic mass is 10.3. The Morgan fingerprint density at radius 3 is 2.86 bits per heavy atom. The predicted octanol–water partition coefficient (Wildman–Crippen LogP) is 1.93. The van der Waals surface area contributed by atoms with Crippen LogP contribution in [0.4, 0.5) is 0 Å². The van der Waals surface area contributed by atoms with Crippen molar-refractivity contribution in [2.45, 2.75) is 0 Å². The van der Waals surface area contributed by atoms with Crippen LogP contribution in [0.1, 0.15) is 0 Å². The van der Waals surface area contributed by atoms with Gasteiger partial charge in [-0.2, -0.15) is 0 Å². The summed E-state index contributed by atoms with van der Waals surface area (Å²) in [6, 6.07) is 1.96. The summed E-state index contributed by atoms with van der Waals surface area (Å²) in [6.45, 7) is 0. The molecule has 0 amide bonds. The highest BCUT2D eigenvalue weighted by molar-refractivity contribution is 9.10. The van der Waals surface area contributed by atoms with Gasteiger partial charge in [0.25, 0.3) is 0 Å². The number of halogens is 2. The van der Waals surface area contributed by atoms with Crippen molar-refractivity contribution in [1.82, 2.24) is 9.97 Å². The zero-order chi connectivity index (χ0) is 8.55. The molecule has 0 aliphatic carbocycles. The van der Waals surface area contributed by atoms with Gasteiger partial charge in [0.05, 0.1) is 18.8 Å². The van der Waals surface area contributed by atoms with Crippen molar-refractivity contribution < 1.29 is 10.2 Å². The van der Waals surface area contributed by atoms with E-state index < -0.39 is 0 Å². The van der Waals surface area contributed by atoms with E-state index in [9.17, 15) is 0 Å². The number of hydrogen-bond acceptors (Lipinski definition) is 2. The number of pyridine rings is 1. The van der Waals surface area contributed by atoms with Crippen LogP contribution < -0.4 is 4.74 Å². The van der Waals surface area contributed by atoms with Gasteiger partial charge in [-0.3, -0.25) is 0 Å². The molecule has 78 valence electrons. The third-order valence-corrected chi connectivity index (χ3v) is 2.34. The number of aromatic amines is 1. The van der Waals surface area contributed by atoms with E-state index in [1.54, 1.807) is 13.3 Å². The van der Waals surface area contributed by atoms with Gasteiger partial charge in [0.2, 0.25) is 0 Å². The Balaban J connectivity index is 0.000000845. The molecule has 2 aromatic heterocycles. The third kappa shape index (κ3) is 2.00. The average molecular weight is 282 g/mol. The summed E-state index contributed by atoms with van der Waals surface area (Å²) in [4.78, 5) is 7.18. The topological polar surface area (TPSA) is 69.4 Å². The van der Waals surface area contributed by atoms with Crippen molar-refractivity contribution in [2.75, 3.05) is 7.11 Å². The number of H-pyrrole nitrogens is 1. The minimum atomic E-state index is 0. The number of nitrogens with one attached hydrogen (secondary N) is 1. The first kappa shape index (κ1) is 13.2. The van der Waals surface area contributed by atoms with Crippen LogP contribution in [0.2, 0.25) is 0 Å². The number of nitrogens with zero attached hydrogens (tertiary/aromatic N) is 1. The molecule has 0 aliphatic heterocycles. The largest absolute Gasteiger partial charge is 0.494 e. The Morgan fingerprint density at radius 2 is 2.21 bits per heavy atom. The van der Waals surface area contributed by atoms with E-state index in [-0.39, 0.29) is 17.9 Å². The van der Waals surface area contributed by atoms with E-state index in [0.29, 0.717) is 0 Å². The van der Waals surface area contributed by atoms with Gasteiger partial charge in [0.15, 0.2) is 0 Å². The Labute approximate surface area is 95.5 Å². The molecule has 3 N–H and O–H groups in total. The summed E-state index contributed by atoms with van der Waals surface area (Å²) in [5.41, 5.74) is 0.967. The third-order valence-electron chi connectivity index (χ3n) is 1.73. The Bertz CT molecular complexity index is 419. The maximum Gasteiger partial charge on any atom is 0.146 e. The maximum absolute atomic E-state index is 5.14. The Morgan fingerprint density at radius 1 is 1.50 bits per heavy atom. The summed E-state index contributed by atoms with van der Waals surface area (Å²) in [7, 11) is 1.64. The SMILES string of the molecule is COc1cnc(Br)c2[nH]ccc12.Cl.O. The molecule has 0 atom stereocenters. The Kier molecular flexibility index (Phi) is 4.90. The van der Waals surface area contributed by atoms with Gasteiger partial charge < -0.3 is 15.2 Å². The lowest BCUT2D eigenvalue weighted by Crippen LogP contribution is -1.86. The molecule has 0 unspecified atom stereocenters. The molecular formula is C8H10BrClN2O2. The van der Waals surface area contributed by atoms with Gasteiger partial charge in [0, 0.05) is 11.6 Å². The number of ether oxygens (including phenoxy) is 1. The second kappa shape index (κ2) is 5.19. The standard InChI is InChI=1S/C8H7BrN2O.ClH.H2O/c1-12-6-4-11-8(9)7-5(6)2-3-10-7;;/h2-4,10H,1H3;1H;1H2. The van der Waals surface area contributed by atoms with Crippen LogP contribution in [0.15, 0.2) is 23.1 Å². The summed E-state index contributed by atoms with van der Waals surface area (Å²) >= 11 is 3.34. The quantitative estimate of drug-likeness (QED) is 0.812. The number of fused-ring (bicyclic) bond motifs is 1. The first-order chi connectivity index (χ1) is 5.83. The van der Waals surface area contributed by atoms with E-state index in [4.69, 9.17) is 4.74 Å². The highest BCUT2D eigenvalue weighted by Gasteiger charge is 2.05. The van der Waals surface area contributed by atoms with Gasteiger partial charge in [-0.05, 0) is 22.0 Å². The first-order valence-corrected chi connectivity index (χ1v) is 4.28. The van der Waals surface area contributed by atoms with Crippen LogP contribution >= 0.6 is 28.3 Å². The van der Waals surface area contributed by atoms with Crippen LogP contribution in [0.3, 0.4) is 0 Å². The zero-order valence-electron chi connectivity index (χ0n) is 7.37. The fourth-order valence-corrected chi connectivity index (χ4v) is 1.59. The predicted molar refractivity (Wildman–Crippen MR) is 61.2 cm³/mol. The lowest BCUT2D eigenvalue weighted by molar-refractivity contribution is 0.418. The van der Waals surface area contributed by atoms with Crippen molar-refractivity contribution in [2.24, 2.45) is 0 Å². The molecule has 0 aromatic carbocycles. The van der Waals surface area contributed by atoms with Crippen LogP contribution in [-0.2, 0) is 0 Å². The molecule has 6 heteroatoms. The fraction of sp³-hybridized carbons (Fsp3) is 0.125. The molecule has 0 radical (unpaired) electrons. The molecule has 0 saturated carbocycles. The molecule has 14 heavy (non-hydrogen) atoms. The molecule has 0 saturated heterocycles. The van der Waals surface area contributed by atoms with Crippen molar-refractivity contribution in [3.63, 3.8) is 0 Å². The first-order valence-electron chi connectivity index (χ1n) is 3.48. The van der Waals surface area contributed by atoms with Gasteiger partial charge >= 0.3 is 0 Å². The van der Waals surface area contributed by atoms with E-state index in [1.165, 1.54) is 0 Å². The minimum absolute atomic E-state index is 0. The fourth-order valence-electron chi connectivity index (χ4n) is 1.16. The monoisotopic (exact) mass is 280 g/mol. The molecule has 0 fully saturated rings. The highest BCUT2D eigenvalue weighted by atomic mass is 79.9. The number of aromatic nitrogens is 2. The molecule has 0 spiro atoms. The lowest BCUT2D eigenvalue weighted by Gasteiger charge is -2.00. The van der Waals surface area contributed by atoms with E-state index in [0.717, 1.165) is 21.3 Å². The van der Waals surface area contributed by atoms with E-state index in [2.05, 4.69) is 25.9 Å². The number of rotatable bonds is 1. The summed E-state index contributed by atoms with van der Waals surface area (Å²) < 4.78 is 5.95. The van der Waals surface area contributed by atoms with Gasteiger partial charge in [-0.15, -0.1) is 12.4 Å². The van der Waals surface area contributed by atoms with Gasteiger partial charge in [0.1, 0.15) is 10.4 Å². The number of methoxy groups -OCH3 is 1. The van der Waals surface area contributed by atoms with Crippen molar-refractivity contribution >= 4 is 39.2 Å². The van der Waals surface area contributed by atoms with Crippen LogP contribution in [0, 0.1) is 0 Å². The maximum atomic E-state index is 5.14. The van der Waals surface area contributed by atoms with Gasteiger partial charge in [-0.1, -0.05) is 0 Å². The highest BCUT2D eigenvalue weighted by Crippen LogP contribution is 2.27. The number of hydrogen-bond donors (Lipinski definition) is 1. The van der Waals surface area contributed by atoms with Gasteiger partial charge in [-0.25, -0.2) is 4.98 Å². The molecule has 2 rings (SSSR count). The zero-order valence-corrected chi connectivity index (χ0v) is 9.78. The second-order valence-corrected chi connectivity index (χ2v) is 3.13. The molecule has 0 aliphatic rings. The smallest absolute Gasteiger partial charge is 0.146 e. The molecule has 0 bridgehead atoms. The molecular weight excluding hydrogens is 271 g/mol. The van der Waals surface area contributed by atoms with Crippen LogP contribution in [-0.4, -0.2) is 22.6 Å². The van der Waals surface area contributed by atoms with Crippen molar-refractivity contribution in [3.05, 3.63) is 23.1 Å². The molecule has 2 heterocycles. The van der Waals surface area contributed by atoms with E-state index >= 15 is 0 Å².